The quantitative estimate of drug-likeness (QED) is 0.139. The van der Waals surface area contributed by atoms with E-state index in [0.717, 1.165) is 69.1 Å². The van der Waals surface area contributed by atoms with Crippen LogP contribution in [-0.2, 0) is 33.9 Å². The molecule has 1 aromatic rings. The fraction of sp³-hybridized carbons (Fsp3) is 0.810. The van der Waals surface area contributed by atoms with Crippen molar-refractivity contribution in [3.05, 3.63) is 29.8 Å². The Hall–Kier alpha value is -2.08. The molecule has 11 rings (SSSR count). The van der Waals surface area contributed by atoms with Crippen molar-refractivity contribution in [2.45, 2.75) is 166 Å². The van der Waals surface area contributed by atoms with Crippen LogP contribution < -0.4 is 5.32 Å². The normalized spacial score (nSPS) is 50.7. The van der Waals surface area contributed by atoms with Crippen molar-refractivity contribution in [3.8, 4) is 0 Å². The maximum Gasteiger partial charge on any atom is 0.437 e. The maximum atomic E-state index is 13.3. The van der Waals surface area contributed by atoms with Crippen molar-refractivity contribution in [3.63, 3.8) is 0 Å². The summed E-state index contributed by atoms with van der Waals surface area (Å²) in [6.07, 6.45) is 9.33. The van der Waals surface area contributed by atoms with E-state index in [0.29, 0.717) is 41.7 Å². The number of rotatable bonds is 5. The first kappa shape index (κ1) is 35.6. The molecule has 4 bridgehead atoms. The van der Waals surface area contributed by atoms with Crippen LogP contribution in [-0.4, -0.2) is 58.6 Å². The fourth-order valence-corrected chi connectivity index (χ4v) is 12.9. The predicted octanol–water partition coefficient (Wildman–Crippen LogP) is 8.71. The molecule has 0 aromatic heterocycles. The van der Waals surface area contributed by atoms with Gasteiger partial charge >= 0.3 is 6.09 Å². The lowest BCUT2D eigenvalue weighted by atomic mass is 9.55. The lowest BCUT2D eigenvalue weighted by molar-refractivity contribution is -0.487. The third-order valence-corrected chi connectivity index (χ3v) is 15.8. The number of carbonyl (C=O) groups is 1. The fourth-order valence-electron chi connectivity index (χ4n) is 12.9. The molecule has 10 fully saturated rings. The first-order valence-electron chi connectivity index (χ1n) is 20.5. The minimum atomic E-state index is -0.620. The van der Waals surface area contributed by atoms with Gasteiger partial charge < -0.3 is 9.47 Å². The summed E-state index contributed by atoms with van der Waals surface area (Å²) in [6.45, 7) is 15.7. The Morgan fingerprint density at radius 1 is 0.750 bits per heavy atom. The number of hydrogen-bond donors (Lipinski definition) is 1. The summed E-state index contributed by atoms with van der Waals surface area (Å²) in [7, 11) is 0. The average molecular weight is 721 g/mol. The monoisotopic (exact) mass is 720 g/mol. The van der Waals surface area contributed by atoms with Gasteiger partial charge in [-0.2, -0.15) is 0 Å². The standard InChI is InChI=1S/C42H60N2O8/c1-23-8-12-28(13-9-23)43-38(45)48-44-33(37-27(5)32-15-11-25(3)30-17-19-40(7)22-36(47-37)42(30,32)52-50-40)20-34-26(4)31-14-10-24(2)29-16-18-39(6)21-35(46-34)41(29,31)51-49-39/h8-9,12-13,24-27,29-32,34-37H,10-11,14-22H2,1-7H3,(H,43,45)/b44-33-/t24-,25-,26-,27-,29+,30+,31+,32+,34-,35-,36-,37+,39-,40-,41-,42-/m1/s1. The summed E-state index contributed by atoms with van der Waals surface area (Å²) in [5.74, 6) is 2.63. The number of aryl methyl sites for hydroxylation is 1. The number of nitrogens with one attached hydrogen (secondary N) is 1. The predicted molar refractivity (Wildman–Crippen MR) is 194 cm³/mol. The van der Waals surface area contributed by atoms with Crippen molar-refractivity contribution in [1.29, 1.82) is 0 Å². The summed E-state index contributed by atoms with van der Waals surface area (Å²) in [4.78, 5) is 44.8. The smallest absolute Gasteiger partial charge is 0.371 e. The summed E-state index contributed by atoms with van der Waals surface area (Å²) in [5, 5.41) is 7.61. The van der Waals surface area contributed by atoms with Gasteiger partial charge in [-0.25, -0.2) is 24.3 Å². The van der Waals surface area contributed by atoms with Crippen molar-refractivity contribution >= 4 is 17.5 Å². The maximum absolute atomic E-state index is 13.3. The second-order valence-corrected chi connectivity index (χ2v) is 19.0. The molecule has 286 valence electrons. The molecule has 2 spiro atoms. The Bertz CT molecular complexity index is 1570. The number of benzene rings is 1. The van der Waals surface area contributed by atoms with Gasteiger partial charge in [-0.1, -0.05) is 50.5 Å². The van der Waals surface area contributed by atoms with Crippen molar-refractivity contribution in [2.75, 3.05) is 5.32 Å². The van der Waals surface area contributed by atoms with Crippen molar-refractivity contribution in [1.82, 2.24) is 0 Å². The summed E-state index contributed by atoms with van der Waals surface area (Å²) in [5.41, 5.74) is 0.826. The lowest BCUT2D eigenvalue weighted by Gasteiger charge is -2.62. The number of oxime groups is 1. The van der Waals surface area contributed by atoms with Crippen LogP contribution in [0.4, 0.5) is 10.5 Å². The van der Waals surface area contributed by atoms with Gasteiger partial charge in [-0.15, -0.1) is 0 Å². The van der Waals surface area contributed by atoms with Gasteiger partial charge in [0.15, 0.2) is 0 Å². The van der Waals surface area contributed by atoms with Crippen molar-refractivity contribution in [2.24, 2.45) is 52.5 Å². The Morgan fingerprint density at radius 2 is 1.31 bits per heavy atom. The minimum absolute atomic E-state index is 0.0644. The van der Waals surface area contributed by atoms with E-state index in [1.165, 1.54) is 6.42 Å². The van der Waals surface area contributed by atoms with Crippen LogP contribution in [0.1, 0.15) is 118 Å². The zero-order valence-electron chi connectivity index (χ0n) is 32.2. The second-order valence-electron chi connectivity index (χ2n) is 19.0. The topological polar surface area (TPSA) is 106 Å². The SMILES string of the molecule is Cc1ccc(NC(=O)O/N=C(/C[C@H]2O[C@@H]3C[C@@]4(C)CC[C@H]5[C@H](C)CC[C@@H]([C@H]2C)[C@@]35OO4)[C@H]2O[C@@H]3C[C@@]4(C)CC[C@H]5[C@H](C)CC[C@@H]([C@H]2C)[C@@]35OO4)cc1. The molecule has 16 atom stereocenters. The van der Waals surface area contributed by atoms with E-state index in [4.69, 9.17) is 39.0 Å². The van der Waals surface area contributed by atoms with Gasteiger partial charge in [0.05, 0.1) is 24.0 Å². The van der Waals surface area contributed by atoms with Crippen LogP contribution in [0.5, 0.6) is 0 Å². The number of anilines is 1. The molecule has 1 aromatic carbocycles. The molecule has 10 heteroatoms. The van der Waals surface area contributed by atoms with E-state index in [1.807, 2.05) is 31.2 Å². The molecule has 0 unspecified atom stereocenters. The Balaban J connectivity index is 1.05. The minimum Gasteiger partial charge on any atom is -0.371 e. The van der Waals surface area contributed by atoms with E-state index in [9.17, 15) is 4.79 Å². The molecule has 0 radical (unpaired) electrons. The Labute approximate surface area is 309 Å². The van der Waals surface area contributed by atoms with E-state index >= 15 is 0 Å². The van der Waals surface area contributed by atoms with Crippen LogP contribution >= 0.6 is 0 Å². The van der Waals surface area contributed by atoms with Crippen molar-refractivity contribution < 1.29 is 38.7 Å². The number of fused-ring (bicyclic) bond motifs is 4. The summed E-state index contributed by atoms with van der Waals surface area (Å²) < 4.78 is 14.6. The molecule has 6 heterocycles. The third kappa shape index (κ3) is 5.47. The molecule has 10 nitrogen and oxygen atoms in total. The first-order valence-corrected chi connectivity index (χ1v) is 20.5. The van der Waals surface area contributed by atoms with Crippen LogP contribution in [0.15, 0.2) is 29.4 Å². The molecule has 4 saturated carbocycles. The van der Waals surface area contributed by atoms with Gasteiger partial charge in [0, 0.05) is 24.9 Å². The molecule has 4 aliphatic carbocycles. The number of carbonyl (C=O) groups excluding carboxylic acids is 1. The van der Waals surface area contributed by atoms with Gasteiger partial charge in [0.2, 0.25) is 0 Å². The van der Waals surface area contributed by atoms with Crippen LogP contribution in [0.2, 0.25) is 0 Å². The lowest BCUT2D eigenvalue weighted by Crippen LogP contribution is -2.71. The van der Waals surface area contributed by atoms with E-state index in [1.54, 1.807) is 0 Å². The molecule has 6 saturated heterocycles. The molecular weight excluding hydrogens is 660 g/mol. The number of hydrogen-bond acceptors (Lipinski definition) is 9. The highest BCUT2D eigenvalue weighted by molar-refractivity contribution is 5.91. The van der Waals surface area contributed by atoms with Gasteiger partial charge in [0.1, 0.15) is 28.5 Å². The van der Waals surface area contributed by atoms with E-state index in [-0.39, 0.29) is 47.8 Å². The van der Waals surface area contributed by atoms with E-state index < -0.39 is 22.9 Å². The highest BCUT2D eigenvalue weighted by atomic mass is 17.2. The first-order chi connectivity index (χ1) is 24.8. The zero-order chi connectivity index (χ0) is 36.2. The molecule has 1 amide bonds. The average Bonchev–Trinajstić information content (AvgIpc) is 3.49. The molecule has 52 heavy (non-hydrogen) atoms. The Kier molecular flexibility index (Phi) is 8.72. The third-order valence-electron chi connectivity index (χ3n) is 15.8. The second kappa shape index (κ2) is 12.7. The number of amides is 1. The van der Waals surface area contributed by atoms with Gasteiger partial charge in [0.25, 0.3) is 0 Å². The van der Waals surface area contributed by atoms with Gasteiger partial charge in [-0.05, 0) is 132 Å². The van der Waals surface area contributed by atoms with Gasteiger partial charge in [-0.3, -0.25) is 10.2 Å². The molecule has 10 aliphatic rings. The zero-order valence-corrected chi connectivity index (χ0v) is 32.2. The Morgan fingerprint density at radius 3 is 1.90 bits per heavy atom. The van der Waals surface area contributed by atoms with Crippen LogP contribution in [0.25, 0.3) is 0 Å². The molecule has 6 aliphatic heterocycles. The number of ether oxygens (including phenoxy) is 2. The summed E-state index contributed by atoms with van der Waals surface area (Å²) in [6, 6.07) is 7.66. The highest BCUT2D eigenvalue weighted by Gasteiger charge is 2.70. The van der Waals surface area contributed by atoms with E-state index in [2.05, 4.69) is 46.9 Å². The highest BCUT2D eigenvalue weighted by Crippen LogP contribution is 2.63. The van der Waals surface area contributed by atoms with Crippen LogP contribution in [0.3, 0.4) is 0 Å². The molecular formula is C42H60N2O8. The number of nitrogens with zero attached hydrogens (tertiary/aromatic N) is 1. The summed E-state index contributed by atoms with van der Waals surface area (Å²) >= 11 is 0. The van der Waals surface area contributed by atoms with Crippen LogP contribution in [0, 0.1) is 54.3 Å². The molecule has 1 N–H and O–H groups in total. The largest absolute Gasteiger partial charge is 0.437 e.